The number of aryl methyl sites for hydroxylation is 2. The Bertz CT molecular complexity index is 391. The van der Waals surface area contributed by atoms with E-state index in [0.717, 1.165) is 30.8 Å². The third-order valence-corrected chi connectivity index (χ3v) is 2.77. The van der Waals surface area contributed by atoms with Crippen LogP contribution in [0, 0.1) is 13.8 Å². The molecule has 0 amide bonds. The Hall–Kier alpha value is -1.16. The highest BCUT2D eigenvalue weighted by Gasteiger charge is 2.18. The summed E-state index contributed by atoms with van der Waals surface area (Å²) < 4.78 is 1.61. The molecule has 1 aliphatic rings. The quantitative estimate of drug-likeness (QED) is 0.702. The Morgan fingerprint density at radius 3 is 3.00 bits per heavy atom. The third kappa shape index (κ3) is 1.57. The van der Waals surface area contributed by atoms with Crippen molar-refractivity contribution < 1.29 is 0 Å². The molecule has 1 unspecified atom stereocenters. The molecule has 4 heteroatoms. The summed E-state index contributed by atoms with van der Waals surface area (Å²) >= 11 is 0. The predicted octanol–water partition coefficient (Wildman–Crippen LogP) is 0.395. The van der Waals surface area contributed by atoms with Crippen LogP contribution in [0.15, 0.2) is 10.9 Å². The summed E-state index contributed by atoms with van der Waals surface area (Å²) in [5.74, 6) is 0. The zero-order valence-electron chi connectivity index (χ0n) is 8.58. The van der Waals surface area contributed by atoms with Gasteiger partial charge in [-0.25, -0.2) is 4.68 Å². The van der Waals surface area contributed by atoms with Gasteiger partial charge in [0.2, 0.25) is 0 Å². The standard InChI is InChI=1S/C10H15N3O/c1-7-5-10(14)13(12-8(7)2)9-3-4-11-6-9/h5,9,11H,3-4,6H2,1-2H3. The first-order valence-electron chi connectivity index (χ1n) is 4.96. The molecule has 14 heavy (non-hydrogen) atoms. The van der Waals surface area contributed by atoms with E-state index in [1.165, 1.54) is 0 Å². The number of aromatic nitrogens is 2. The molecule has 1 aromatic rings. The molecule has 76 valence electrons. The van der Waals surface area contributed by atoms with Gasteiger partial charge in [0, 0.05) is 12.6 Å². The summed E-state index contributed by atoms with van der Waals surface area (Å²) in [5.41, 5.74) is 1.93. The summed E-state index contributed by atoms with van der Waals surface area (Å²) in [7, 11) is 0. The van der Waals surface area contributed by atoms with Crippen molar-refractivity contribution in [3.05, 3.63) is 27.7 Å². The number of hydrogen-bond donors (Lipinski definition) is 1. The minimum atomic E-state index is 0.0156. The van der Waals surface area contributed by atoms with Crippen molar-refractivity contribution in [3.8, 4) is 0 Å². The van der Waals surface area contributed by atoms with Crippen molar-refractivity contribution >= 4 is 0 Å². The monoisotopic (exact) mass is 193 g/mol. The van der Waals surface area contributed by atoms with E-state index in [9.17, 15) is 4.79 Å². The lowest BCUT2D eigenvalue weighted by Crippen LogP contribution is -2.29. The molecule has 2 heterocycles. The summed E-state index contributed by atoms with van der Waals surface area (Å²) in [6.45, 7) is 5.69. The van der Waals surface area contributed by atoms with Crippen LogP contribution in [-0.4, -0.2) is 22.9 Å². The SMILES string of the molecule is Cc1cc(=O)n(C2CCNC2)nc1C. The normalized spacial score (nSPS) is 21.4. The Morgan fingerprint density at radius 1 is 1.57 bits per heavy atom. The van der Waals surface area contributed by atoms with Crippen LogP contribution in [0.25, 0.3) is 0 Å². The number of rotatable bonds is 1. The van der Waals surface area contributed by atoms with Gasteiger partial charge in [-0.05, 0) is 32.4 Å². The second kappa shape index (κ2) is 3.53. The predicted molar refractivity (Wildman–Crippen MR) is 54.5 cm³/mol. The van der Waals surface area contributed by atoms with Crippen LogP contribution in [0.2, 0.25) is 0 Å². The number of nitrogens with one attached hydrogen (secondary N) is 1. The van der Waals surface area contributed by atoms with Gasteiger partial charge >= 0.3 is 0 Å². The highest BCUT2D eigenvalue weighted by molar-refractivity contribution is 5.13. The van der Waals surface area contributed by atoms with Crippen LogP contribution < -0.4 is 10.9 Å². The summed E-state index contributed by atoms with van der Waals surface area (Å²) in [6.07, 6.45) is 0.995. The lowest BCUT2D eigenvalue weighted by molar-refractivity contribution is 0.460. The summed E-state index contributed by atoms with van der Waals surface area (Å²) in [4.78, 5) is 11.7. The van der Waals surface area contributed by atoms with Crippen LogP contribution in [0.1, 0.15) is 23.7 Å². The molecule has 1 aliphatic heterocycles. The van der Waals surface area contributed by atoms with E-state index in [4.69, 9.17) is 0 Å². The molecule has 1 atom stereocenters. The Labute approximate surface area is 82.9 Å². The van der Waals surface area contributed by atoms with E-state index in [0.29, 0.717) is 0 Å². The lowest BCUT2D eigenvalue weighted by Gasteiger charge is -2.12. The molecule has 4 nitrogen and oxygen atoms in total. The molecule has 1 aromatic heterocycles. The van der Waals surface area contributed by atoms with Crippen molar-refractivity contribution in [2.75, 3.05) is 13.1 Å². The van der Waals surface area contributed by atoms with E-state index in [-0.39, 0.29) is 11.6 Å². The molecule has 0 saturated carbocycles. The van der Waals surface area contributed by atoms with Crippen molar-refractivity contribution in [1.82, 2.24) is 15.1 Å². The summed E-state index contributed by atoms with van der Waals surface area (Å²) in [6, 6.07) is 1.91. The van der Waals surface area contributed by atoms with Gasteiger partial charge in [0.15, 0.2) is 0 Å². The Balaban J connectivity index is 2.42. The van der Waals surface area contributed by atoms with E-state index in [1.54, 1.807) is 10.7 Å². The Morgan fingerprint density at radius 2 is 2.36 bits per heavy atom. The van der Waals surface area contributed by atoms with Crippen LogP contribution in [0.5, 0.6) is 0 Å². The lowest BCUT2D eigenvalue weighted by atomic mass is 10.2. The minimum Gasteiger partial charge on any atom is -0.315 e. The molecular weight excluding hydrogens is 178 g/mol. The first-order chi connectivity index (χ1) is 6.68. The molecule has 2 rings (SSSR count). The molecule has 0 radical (unpaired) electrons. The zero-order chi connectivity index (χ0) is 10.1. The van der Waals surface area contributed by atoms with E-state index in [1.807, 2.05) is 13.8 Å². The van der Waals surface area contributed by atoms with Gasteiger partial charge in [-0.1, -0.05) is 0 Å². The fraction of sp³-hybridized carbons (Fsp3) is 0.600. The van der Waals surface area contributed by atoms with Crippen molar-refractivity contribution in [3.63, 3.8) is 0 Å². The van der Waals surface area contributed by atoms with E-state index >= 15 is 0 Å². The zero-order valence-corrected chi connectivity index (χ0v) is 8.58. The minimum absolute atomic E-state index is 0.0156. The molecule has 0 aliphatic carbocycles. The maximum atomic E-state index is 11.7. The van der Waals surface area contributed by atoms with Gasteiger partial charge < -0.3 is 5.32 Å². The van der Waals surface area contributed by atoms with Crippen LogP contribution in [0.4, 0.5) is 0 Å². The van der Waals surface area contributed by atoms with Crippen LogP contribution in [-0.2, 0) is 0 Å². The van der Waals surface area contributed by atoms with Gasteiger partial charge in [0.25, 0.3) is 5.56 Å². The average Bonchev–Trinajstić information content (AvgIpc) is 2.64. The fourth-order valence-corrected chi connectivity index (χ4v) is 1.76. The van der Waals surface area contributed by atoms with Crippen LogP contribution >= 0.6 is 0 Å². The largest absolute Gasteiger partial charge is 0.315 e. The van der Waals surface area contributed by atoms with E-state index < -0.39 is 0 Å². The van der Waals surface area contributed by atoms with Gasteiger partial charge in [-0.2, -0.15) is 5.10 Å². The molecule has 1 fully saturated rings. The van der Waals surface area contributed by atoms with Crippen molar-refractivity contribution in [1.29, 1.82) is 0 Å². The maximum Gasteiger partial charge on any atom is 0.267 e. The third-order valence-electron chi connectivity index (χ3n) is 2.77. The number of hydrogen-bond acceptors (Lipinski definition) is 3. The van der Waals surface area contributed by atoms with Crippen molar-refractivity contribution in [2.45, 2.75) is 26.3 Å². The maximum absolute atomic E-state index is 11.7. The van der Waals surface area contributed by atoms with Gasteiger partial charge in [-0.3, -0.25) is 4.79 Å². The first-order valence-corrected chi connectivity index (χ1v) is 4.96. The van der Waals surface area contributed by atoms with Crippen LogP contribution in [0.3, 0.4) is 0 Å². The molecular formula is C10H15N3O. The second-order valence-corrected chi connectivity index (χ2v) is 3.84. The Kier molecular flexibility index (Phi) is 2.37. The van der Waals surface area contributed by atoms with Gasteiger partial charge in [0.1, 0.15) is 0 Å². The highest BCUT2D eigenvalue weighted by Crippen LogP contribution is 2.11. The molecule has 0 spiro atoms. The smallest absolute Gasteiger partial charge is 0.267 e. The van der Waals surface area contributed by atoms with Gasteiger partial charge in [-0.15, -0.1) is 0 Å². The summed E-state index contributed by atoms with van der Waals surface area (Å²) in [5, 5.41) is 7.55. The van der Waals surface area contributed by atoms with Gasteiger partial charge in [0.05, 0.1) is 11.7 Å². The topological polar surface area (TPSA) is 46.9 Å². The molecule has 1 saturated heterocycles. The highest BCUT2D eigenvalue weighted by atomic mass is 16.1. The first kappa shape index (κ1) is 9.40. The molecule has 0 aromatic carbocycles. The van der Waals surface area contributed by atoms with E-state index in [2.05, 4.69) is 10.4 Å². The average molecular weight is 193 g/mol. The molecule has 1 N–H and O–H groups in total. The number of nitrogens with zero attached hydrogens (tertiary/aromatic N) is 2. The fourth-order valence-electron chi connectivity index (χ4n) is 1.76. The van der Waals surface area contributed by atoms with Crippen molar-refractivity contribution in [2.24, 2.45) is 0 Å². The molecule has 0 bridgehead atoms. The second-order valence-electron chi connectivity index (χ2n) is 3.84.